The molecule has 10 nitrogen and oxygen atoms in total. The van der Waals surface area contributed by atoms with Gasteiger partial charge in [-0.1, -0.05) is 46.5 Å². The van der Waals surface area contributed by atoms with Crippen molar-refractivity contribution in [2.24, 2.45) is 5.73 Å². The van der Waals surface area contributed by atoms with Gasteiger partial charge in [0, 0.05) is 29.8 Å². The fourth-order valence-corrected chi connectivity index (χ4v) is 4.40. The number of nitrogens with one attached hydrogen (secondary N) is 1. The molecule has 0 bridgehead atoms. The normalized spacial score (nSPS) is 12.4. The van der Waals surface area contributed by atoms with Gasteiger partial charge in [-0.25, -0.2) is 4.79 Å². The van der Waals surface area contributed by atoms with Gasteiger partial charge in [0.15, 0.2) is 5.82 Å². The molecule has 0 spiro atoms. The van der Waals surface area contributed by atoms with Gasteiger partial charge >= 0.3 is 37.2 Å². The quantitative estimate of drug-likeness (QED) is 0.163. The molecular weight excluding hydrogens is 762 g/mol. The van der Waals surface area contributed by atoms with Crippen LogP contribution in [0.2, 0.25) is 0 Å². The number of rotatable bonds is 12. The monoisotopic (exact) mass is 810 g/mol. The van der Waals surface area contributed by atoms with Crippen molar-refractivity contribution >= 4 is 18.2 Å². The molecule has 0 aliphatic carbocycles. The topological polar surface area (TPSA) is 146 Å². The van der Waals surface area contributed by atoms with E-state index in [0.717, 1.165) is 55.2 Å². The number of methoxy groups -OCH3 is 1. The Kier molecular flexibility index (Phi) is 21.9. The van der Waals surface area contributed by atoms with Crippen LogP contribution in [0.5, 0.6) is 11.5 Å². The van der Waals surface area contributed by atoms with Crippen molar-refractivity contribution < 1.29 is 60.0 Å². The van der Waals surface area contributed by atoms with Gasteiger partial charge in [0.05, 0.1) is 13.7 Å². The van der Waals surface area contributed by atoms with E-state index in [1.54, 1.807) is 26.4 Å². The molecule has 1 atom stereocenters. The van der Waals surface area contributed by atoms with Crippen molar-refractivity contribution in [1.29, 1.82) is 0 Å². The number of primary amides is 1. The summed E-state index contributed by atoms with van der Waals surface area (Å²) in [6, 6.07) is 3.60. The summed E-state index contributed by atoms with van der Waals surface area (Å²) in [6.45, 7) is 12.1. The number of ether oxygens (including phenoxy) is 3. The summed E-state index contributed by atoms with van der Waals surface area (Å²) in [6.07, 6.45) is 9.16. The van der Waals surface area contributed by atoms with Crippen molar-refractivity contribution in [3.05, 3.63) is 35.7 Å². The molecule has 2 aromatic rings. The minimum atomic E-state index is -0.856. The Morgan fingerprint density at radius 2 is 1.95 bits per heavy atom. The Morgan fingerprint density at radius 1 is 1.21 bits per heavy atom. The molecule has 0 radical (unpaired) electrons. The SMILES string of the molecule is CCCCCC(CC)Nc1nnc2c(c1COC(N)=O)CCCOCc1cc(OC)cc(O)c1-2.CCC[C-]=O.[CH2-]C.[U+2]. The number of fused-ring (bicyclic) bond motifs is 3. The summed E-state index contributed by atoms with van der Waals surface area (Å²) in [5, 5.41) is 23.4. The summed E-state index contributed by atoms with van der Waals surface area (Å²) in [7, 11) is 1.55. The number of nitrogens with zero attached hydrogens (tertiary/aromatic N) is 2. The second-order valence-corrected chi connectivity index (χ2v) is 9.44. The van der Waals surface area contributed by atoms with Gasteiger partial charge < -0.3 is 42.1 Å². The second-order valence-electron chi connectivity index (χ2n) is 9.44. The van der Waals surface area contributed by atoms with Crippen LogP contribution in [0.25, 0.3) is 11.3 Å². The number of phenols is 1. The van der Waals surface area contributed by atoms with Crippen LogP contribution in [-0.4, -0.2) is 47.4 Å². The van der Waals surface area contributed by atoms with Gasteiger partial charge in [-0.05, 0) is 42.9 Å². The maximum atomic E-state index is 11.5. The third kappa shape index (κ3) is 12.9. The number of anilines is 1. The number of hydrogen-bond donors (Lipinski definition) is 3. The predicted molar refractivity (Wildman–Crippen MR) is 162 cm³/mol. The molecular formula is C31H48N4O6U. The Morgan fingerprint density at radius 3 is 2.52 bits per heavy atom. The van der Waals surface area contributed by atoms with Gasteiger partial charge in [-0.15, -0.1) is 10.2 Å². The first-order valence-electron chi connectivity index (χ1n) is 14.5. The number of carbonyl (C=O) groups is 1. The van der Waals surface area contributed by atoms with Crippen LogP contribution in [0.15, 0.2) is 12.1 Å². The molecule has 1 amide bonds. The molecule has 3 rings (SSSR count). The number of nitrogens with two attached hydrogens (primary N) is 1. The van der Waals surface area contributed by atoms with Gasteiger partial charge in [-0.3, -0.25) is 6.29 Å². The summed E-state index contributed by atoms with van der Waals surface area (Å²) in [5.74, 6) is 1.14. The third-order valence-corrected chi connectivity index (χ3v) is 6.50. The largest absolute Gasteiger partial charge is 2.00 e. The van der Waals surface area contributed by atoms with E-state index in [1.165, 1.54) is 6.42 Å². The molecule has 1 aliphatic rings. The smallest absolute Gasteiger partial charge is 0.542 e. The number of aromatic nitrogens is 2. The maximum absolute atomic E-state index is 11.5. The van der Waals surface area contributed by atoms with Gasteiger partial charge in [0.2, 0.25) is 0 Å². The van der Waals surface area contributed by atoms with E-state index < -0.39 is 6.09 Å². The fraction of sp³-hybridized carbons (Fsp3) is 0.581. The summed E-state index contributed by atoms with van der Waals surface area (Å²) >= 11 is 0. The number of aromatic hydroxyl groups is 1. The molecule has 1 unspecified atom stereocenters. The van der Waals surface area contributed by atoms with Crippen LogP contribution in [0.3, 0.4) is 0 Å². The zero-order chi connectivity index (χ0) is 30.6. The van der Waals surface area contributed by atoms with E-state index in [0.29, 0.717) is 48.9 Å². The number of hydrogen-bond acceptors (Lipinski definition) is 9. The van der Waals surface area contributed by atoms with E-state index in [-0.39, 0.29) is 49.5 Å². The molecule has 0 fully saturated rings. The van der Waals surface area contributed by atoms with E-state index in [4.69, 9.17) is 19.9 Å². The third-order valence-electron chi connectivity index (χ3n) is 6.50. The second kappa shape index (κ2) is 23.1. The van der Waals surface area contributed by atoms with Gasteiger partial charge in [0.1, 0.15) is 23.8 Å². The minimum absolute atomic E-state index is 0. The molecule has 0 saturated carbocycles. The van der Waals surface area contributed by atoms with Crippen molar-refractivity contribution in [2.75, 3.05) is 19.0 Å². The molecule has 2 heterocycles. The molecule has 232 valence electrons. The van der Waals surface area contributed by atoms with Crippen LogP contribution < -0.4 is 15.8 Å². The van der Waals surface area contributed by atoms with Crippen LogP contribution in [-0.2, 0) is 33.9 Å². The predicted octanol–water partition coefficient (Wildman–Crippen LogP) is 6.42. The van der Waals surface area contributed by atoms with Crippen LogP contribution in [0, 0.1) is 38.0 Å². The average Bonchev–Trinajstić information content (AvgIpc) is 3.06. The molecule has 0 saturated heterocycles. The minimum Gasteiger partial charge on any atom is -0.542 e. The summed E-state index contributed by atoms with van der Waals surface area (Å²) < 4.78 is 16.4. The van der Waals surface area contributed by atoms with E-state index in [1.807, 2.05) is 13.0 Å². The Hall–Kier alpha value is -2.35. The summed E-state index contributed by atoms with van der Waals surface area (Å²) in [5.41, 5.74) is 8.73. The van der Waals surface area contributed by atoms with Crippen molar-refractivity contribution in [3.8, 4) is 22.8 Å². The molecule has 1 aliphatic heterocycles. The van der Waals surface area contributed by atoms with Crippen molar-refractivity contribution in [3.63, 3.8) is 0 Å². The van der Waals surface area contributed by atoms with E-state index in [9.17, 15) is 14.7 Å². The standard InChI is InChI=1S/C25H36N4O5.C4H7O.C2H5.U/c1-4-6-7-9-17(5-2)27-24-20(15-34-25(26)31)19-10-8-11-33-14-16-12-18(32-3)13-21(30)22(16)23(19)28-29-24;1-2-3-4-5;1-2;/h12-13,17,30H,4-11,14-15H2,1-3H3,(H2,26,31)(H,27,29);2-3H2,1H3;1H2,2H3;/q;2*-1;+2. The van der Waals surface area contributed by atoms with Crippen LogP contribution in [0.4, 0.5) is 10.6 Å². The first-order chi connectivity index (χ1) is 19.9. The number of unbranched alkanes of at least 4 members (excludes halogenated alkanes) is 3. The molecule has 4 N–H and O–H groups in total. The van der Waals surface area contributed by atoms with Crippen molar-refractivity contribution in [1.82, 2.24) is 10.2 Å². The van der Waals surface area contributed by atoms with Crippen LogP contribution >= 0.6 is 0 Å². The number of phenolic OH excluding ortho intramolecular Hbond substituents is 1. The first-order valence-corrected chi connectivity index (χ1v) is 14.5. The van der Waals surface area contributed by atoms with E-state index >= 15 is 0 Å². The Labute approximate surface area is 275 Å². The van der Waals surface area contributed by atoms with Gasteiger partial charge in [-0.2, -0.15) is 13.3 Å². The number of amides is 1. The zero-order valence-corrected chi connectivity index (χ0v) is 30.0. The molecule has 1 aromatic carbocycles. The zero-order valence-electron chi connectivity index (χ0n) is 25.9. The Balaban J connectivity index is 0.00000190. The van der Waals surface area contributed by atoms with E-state index in [2.05, 4.69) is 36.3 Å². The molecule has 11 heteroatoms. The van der Waals surface area contributed by atoms with Crippen molar-refractivity contribution in [2.45, 2.75) is 105 Å². The number of carbonyl (C=O) groups excluding carboxylic acids is 2. The number of benzene rings is 1. The fourth-order valence-electron chi connectivity index (χ4n) is 4.40. The average molecular weight is 811 g/mol. The summed E-state index contributed by atoms with van der Waals surface area (Å²) in [4.78, 5) is 20.8. The van der Waals surface area contributed by atoms with Crippen LogP contribution in [0.1, 0.15) is 95.8 Å². The molecule has 1 aromatic heterocycles. The van der Waals surface area contributed by atoms with Gasteiger partial charge in [0.25, 0.3) is 0 Å². The first kappa shape index (κ1) is 39.7. The molecule has 42 heavy (non-hydrogen) atoms. The Bertz CT molecular complexity index is 1070. The maximum Gasteiger partial charge on any atom is 2.00 e.